The number of nitrogens with zero attached hydrogens (tertiary/aromatic N) is 3. The van der Waals surface area contributed by atoms with E-state index < -0.39 is 47.9 Å². The van der Waals surface area contributed by atoms with Crippen molar-refractivity contribution in [3.05, 3.63) is 87.5 Å². The van der Waals surface area contributed by atoms with E-state index in [0.29, 0.717) is 35.0 Å². The van der Waals surface area contributed by atoms with Crippen LogP contribution in [0.15, 0.2) is 63.9 Å². The summed E-state index contributed by atoms with van der Waals surface area (Å²) < 4.78 is 6.51. The Bertz CT molecular complexity index is 1790. The van der Waals surface area contributed by atoms with Crippen molar-refractivity contribution >= 4 is 40.4 Å². The first-order valence-corrected chi connectivity index (χ1v) is 14.2. The quantitative estimate of drug-likeness (QED) is 0.195. The van der Waals surface area contributed by atoms with Crippen LogP contribution in [0.4, 0.5) is 5.69 Å². The van der Waals surface area contributed by atoms with Crippen molar-refractivity contribution in [3.8, 4) is 0 Å². The molecule has 1 atom stereocenters. The van der Waals surface area contributed by atoms with E-state index in [1.54, 1.807) is 43.3 Å². The predicted octanol–water partition coefficient (Wildman–Crippen LogP) is 3.56. The van der Waals surface area contributed by atoms with E-state index in [2.05, 4.69) is 20.9 Å². The van der Waals surface area contributed by atoms with Crippen LogP contribution in [0, 0.1) is 6.92 Å². The molecule has 44 heavy (non-hydrogen) atoms. The maximum absolute atomic E-state index is 13.4. The highest BCUT2D eigenvalue weighted by atomic mass is 16.4. The SMILES string of the molecule is Cc1c(CC(=O)O)c(=O)oc2cc(NC(=O)C(CC(=O)O)n3cc(C4(NC(=O)c5ccccc5)CCCCC4)nn3)ccc12. The van der Waals surface area contributed by atoms with Gasteiger partial charge >= 0.3 is 17.6 Å². The van der Waals surface area contributed by atoms with Crippen LogP contribution in [0.1, 0.15) is 71.7 Å². The van der Waals surface area contributed by atoms with Crippen LogP contribution in [0.25, 0.3) is 11.0 Å². The van der Waals surface area contributed by atoms with Crippen LogP contribution < -0.4 is 16.3 Å². The second-order valence-corrected chi connectivity index (χ2v) is 10.9. The van der Waals surface area contributed by atoms with Gasteiger partial charge < -0.3 is 25.3 Å². The highest BCUT2D eigenvalue weighted by Gasteiger charge is 2.39. The van der Waals surface area contributed by atoms with E-state index in [9.17, 15) is 29.1 Å². The highest BCUT2D eigenvalue weighted by Crippen LogP contribution is 2.37. The number of carbonyl (C=O) groups excluding carboxylic acids is 2. The minimum absolute atomic E-state index is 0.0287. The second-order valence-electron chi connectivity index (χ2n) is 10.9. The molecule has 1 fully saturated rings. The summed E-state index contributed by atoms with van der Waals surface area (Å²) >= 11 is 0. The maximum atomic E-state index is 13.4. The van der Waals surface area contributed by atoms with Gasteiger partial charge in [0, 0.05) is 22.7 Å². The fourth-order valence-electron chi connectivity index (χ4n) is 5.65. The largest absolute Gasteiger partial charge is 0.481 e. The van der Waals surface area contributed by atoms with Crippen molar-refractivity contribution < 1.29 is 33.8 Å². The number of aryl methyl sites for hydroxylation is 1. The van der Waals surface area contributed by atoms with Crippen LogP contribution in [0.3, 0.4) is 0 Å². The van der Waals surface area contributed by atoms with E-state index in [-0.39, 0.29) is 22.7 Å². The Morgan fingerprint density at radius 2 is 1.75 bits per heavy atom. The van der Waals surface area contributed by atoms with Crippen molar-refractivity contribution in [2.24, 2.45) is 0 Å². The summed E-state index contributed by atoms with van der Waals surface area (Å²) in [5.74, 6) is -3.37. The lowest BCUT2D eigenvalue weighted by Gasteiger charge is -2.36. The summed E-state index contributed by atoms with van der Waals surface area (Å²) in [5.41, 5.74) is 0.137. The fourth-order valence-corrected chi connectivity index (χ4v) is 5.65. The maximum Gasteiger partial charge on any atom is 0.340 e. The zero-order valence-corrected chi connectivity index (χ0v) is 23.9. The molecule has 0 saturated heterocycles. The number of carbonyl (C=O) groups is 4. The number of aliphatic carboxylic acids is 2. The van der Waals surface area contributed by atoms with Gasteiger partial charge in [0.05, 0.1) is 30.1 Å². The lowest BCUT2D eigenvalue weighted by Crippen LogP contribution is -2.47. The van der Waals surface area contributed by atoms with Crippen molar-refractivity contribution in [2.45, 2.75) is 63.5 Å². The number of carboxylic acids is 2. The molecule has 13 heteroatoms. The van der Waals surface area contributed by atoms with Crippen molar-refractivity contribution in [1.29, 1.82) is 0 Å². The Kier molecular flexibility index (Phi) is 8.56. The molecule has 1 aliphatic rings. The highest BCUT2D eigenvalue weighted by molar-refractivity contribution is 5.97. The molecule has 0 radical (unpaired) electrons. The third-order valence-electron chi connectivity index (χ3n) is 7.97. The lowest BCUT2D eigenvalue weighted by molar-refractivity contribution is -0.140. The summed E-state index contributed by atoms with van der Waals surface area (Å²) in [6.45, 7) is 1.61. The van der Waals surface area contributed by atoms with Crippen LogP contribution >= 0.6 is 0 Å². The molecule has 2 heterocycles. The molecule has 2 aromatic heterocycles. The number of hydrogen-bond acceptors (Lipinski definition) is 8. The summed E-state index contributed by atoms with van der Waals surface area (Å²) in [6, 6.07) is 12.0. The first-order chi connectivity index (χ1) is 21.1. The summed E-state index contributed by atoms with van der Waals surface area (Å²) in [5, 5.41) is 33.4. The number of benzene rings is 2. The number of hydrogen-bond donors (Lipinski definition) is 4. The van der Waals surface area contributed by atoms with Gasteiger partial charge in [-0.2, -0.15) is 0 Å². The van der Waals surface area contributed by atoms with E-state index in [4.69, 9.17) is 9.52 Å². The molecule has 1 unspecified atom stereocenters. The van der Waals surface area contributed by atoms with Gasteiger partial charge in [-0.3, -0.25) is 19.2 Å². The molecule has 2 amide bonds. The van der Waals surface area contributed by atoms with Gasteiger partial charge in [0.2, 0.25) is 5.91 Å². The number of fused-ring (bicyclic) bond motifs is 1. The Morgan fingerprint density at radius 3 is 2.43 bits per heavy atom. The van der Waals surface area contributed by atoms with Crippen molar-refractivity contribution in [1.82, 2.24) is 20.3 Å². The van der Waals surface area contributed by atoms with Gasteiger partial charge in [-0.25, -0.2) is 9.48 Å². The Hall–Kier alpha value is -5.33. The Labute approximate surface area is 250 Å². The molecule has 2 aromatic carbocycles. The number of amides is 2. The summed E-state index contributed by atoms with van der Waals surface area (Å²) in [6.07, 6.45) is 4.32. The minimum Gasteiger partial charge on any atom is -0.481 e. The van der Waals surface area contributed by atoms with Crippen LogP contribution in [0.5, 0.6) is 0 Å². The fraction of sp³-hybridized carbons (Fsp3) is 0.323. The first-order valence-electron chi connectivity index (χ1n) is 14.2. The number of carboxylic acid groups (broad SMARTS) is 2. The van der Waals surface area contributed by atoms with Crippen LogP contribution in [-0.4, -0.2) is 49.0 Å². The molecule has 13 nitrogen and oxygen atoms in total. The average Bonchev–Trinajstić information content (AvgIpc) is 3.49. The molecule has 0 aliphatic heterocycles. The standard InChI is InChI=1S/C31H31N5O8/c1-18-21-11-10-20(14-24(21)44-30(43)22(18)15-26(37)38)32-29(42)23(16-27(39)40)36-17-25(34-35-36)31(12-6-3-7-13-31)33-28(41)19-8-4-2-5-9-19/h2,4-5,8-11,14,17,23H,3,6-7,12-13,15-16H2,1H3,(H,32,42)(H,33,41)(H,37,38)(H,39,40). The average molecular weight is 602 g/mol. The topological polar surface area (TPSA) is 194 Å². The number of nitrogens with one attached hydrogen (secondary N) is 2. The van der Waals surface area contributed by atoms with Gasteiger partial charge in [0.1, 0.15) is 17.3 Å². The van der Waals surface area contributed by atoms with Gasteiger partial charge in [-0.15, -0.1) is 5.10 Å². The van der Waals surface area contributed by atoms with Crippen molar-refractivity contribution in [2.75, 3.05) is 5.32 Å². The van der Waals surface area contributed by atoms with E-state index in [0.717, 1.165) is 19.3 Å². The first kappa shape index (κ1) is 30.1. The summed E-state index contributed by atoms with van der Waals surface area (Å²) in [4.78, 5) is 61.9. The van der Waals surface area contributed by atoms with Crippen molar-refractivity contribution in [3.63, 3.8) is 0 Å². The third kappa shape index (κ3) is 6.36. The Balaban J connectivity index is 1.41. The molecule has 4 aromatic rings. The number of rotatable bonds is 10. The molecule has 1 aliphatic carbocycles. The predicted molar refractivity (Wildman–Crippen MR) is 157 cm³/mol. The van der Waals surface area contributed by atoms with Gasteiger partial charge in [0.25, 0.3) is 5.91 Å². The number of anilines is 1. The lowest BCUT2D eigenvalue weighted by atomic mass is 9.79. The molecule has 1 saturated carbocycles. The van der Waals surface area contributed by atoms with E-state index >= 15 is 0 Å². The zero-order chi connectivity index (χ0) is 31.4. The van der Waals surface area contributed by atoms with E-state index in [1.807, 2.05) is 6.07 Å². The molecule has 0 spiro atoms. The van der Waals surface area contributed by atoms with E-state index in [1.165, 1.54) is 16.9 Å². The minimum atomic E-state index is -1.29. The molecule has 228 valence electrons. The zero-order valence-electron chi connectivity index (χ0n) is 23.9. The Morgan fingerprint density at radius 1 is 1.02 bits per heavy atom. The van der Waals surface area contributed by atoms with Gasteiger partial charge in [-0.05, 0) is 49.6 Å². The second kappa shape index (κ2) is 12.5. The van der Waals surface area contributed by atoms with Crippen LogP contribution in [0.2, 0.25) is 0 Å². The normalized spacial score (nSPS) is 14.9. The third-order valence-corrected chi connectivity index (χ3v) is 7.97. The molecule has 5 rings (SSSR count). The van der Waals surface area contributed by atoms with Gasteiger partial charge in [-0.1, -0.05) is 42.7 Å². The molecular weight excluding hydrogens is 570 g/mol. The monoisotopic (exact) mass is 601 g/mol. The van der Waals surface area contributed by atoms with Crippen LogP contribution in [-0.2, 0) is 26.3 Å². The summed E-state index contributed by atoms with van der Waals surface area (Å²) in [7, 11) is 0. The molecular formula is C31H31N5O8. The molecule has 0 bridgehead atoms. The number of aromatic nitrogens is 3. The molecule has 4 N–H and O–H groups in total. The van der Waals surface area contributed by atoms with Gasteiger partial charge in [0.15, 0.2) is 0 Å². The smallest absolute Gasteiger partial charge is 0.340 e.